The van der Waals surface area contributed by atoms with Crippen molar-refractivity contribution in [3.63, 3.8) is 0 Å². The first-order valence-corrected chi connectivity index (χ1v) is 11.4. The largest absolute Gasteiger partial charge is 0.497 e. The fraction of sp³-hybridized carbons (Fsp3) is 0.320. The molecule has 0 radical (unpaired) electrons. The number of anilines is 1. The molecule has 3 aromatic rings. The van der Waals surface area contributed by atoms with E-state index in [-0.39, 0.29) is 36.6 Å². The number of nitrogens with zero attached hydrogens (tertiary/aromatic N) is 3. The van der Waals surface area contributed by atoms with Gasteiger partial charge in [0.15, 0.2) is 11.5 Å². The van der Waals surface area contributed by atoms with E-state index in [1.165, 1.54) is 0 Å². The van der Waals surface area contributed by atoms with Gasteiger partial charge in [0.25, 0.3) is 0 Å². The summed E-state index contributed by atoms with van der Waals surface area (Å²) >= 11 is 6.14. The lowest BCUT2D eigenvalue weighted by molar-refractivity contribution is -0.148. The smallest absolute Gasteiger partial charge is 0.312 e. The van der Waals surface area contributed by atoms with Crippen LogP contribution in [0.3, 0.4) is 0 Å². The number of benzene rings is 2. The Bertz CT molecular complexity index is 1190. The molecule has 0 spiro atoms. The number of fused-ring (bicyclic) bond motifs is 1. The average molecular weight is 482 g/mol. The van der Waals surface area contributed by atoms with E-state index in [9.17, 15) is 4.79 Å². The molecule has 0 amide bonds. The highest BCUT2D eigenvalue weighted by atomic mass is 35.5. The highest BCUT2D eigenvalue weighted by Gasteiger charge is 2.49. The van der Waals surface area contributed by atoms with Crippen LogP contribution in [-0.4, -0.2) is 43.0 Å². The second kappa shape index (κ2) is 9.38. The SMILES string of the molecule is CCOC(=O)C1C(c2ccc3c(c2)OCO3)CN(c2ccnc(Cl)n2)C1c1ccc(OC)cc1. The van der Waals surface area contributed by atoms with Crippen LogP contribution in [0.2, 0.25) is 5.28 Å². The fourth-order valence-corrected chi connectivity index (χ4v) is 4.89. The number of carbonyl (C=O) groups excluding carboxylic acids is 1. The zero-order valence-corrected chi connectivity index (χ0v) is 19.6. The summed E-state index contributed by atoms with van der Waals surface area (Å²) in [6.07, 6.45) is 1.61. The maximum Gasteiger partial charge on any atom is 0.312 e. The van der Waals surface area contributed by atoms with Gasteiger partial charge in [0, 0.05) is 18.7 Å². The van der Waals surface area contributed by atoms with Crippen molar-refractivity contribution in [2.24, 2.45) is 5.92 Å². The molecule has 1 fully saturated rings. The van der Waals surface area contributed by atoms with E-state index in [4.69, 9.17) is 30.5 Å². The van der Waals surface area contributed by atoms with Crippen molar-refractivity contribution >= 4 is 23.4 Å². The van der Waals surface area contributed by atoms with Crippen molar-refractivity contribution in [3.05, 3.63) is 71.1 Å². The molecule has 0 saturated carbocycles. The molecule has 0 bridgehead atoms. The molecule has 176 valence electrons. The van der Waals surface area contributed by atoms with Gasteiger partial charge in [-0.15, -0.1) is 0 Å². The second-order valence-corrected chi connectivity index (χ2v) is 8.39. The second-order valence-electron chi connectivity index (χ2n) is 8.05. The molecule has 0 aliphatic carbocycles. The van der Waals surface area contributed by atoms with E-state index in [1.54, 1.807) is 19.4 Å². The Hall–Kier alpha value is -3.52. The number of aromatic nitrogens is 2. The van der Waals surface area contributed by atoms with Crippen LogP contribution in [0.15, 0.2) is 54.7 Å². The van der Waals surface area contributed by atoms with Crippen LogP contribution in [0, 0.1) is 5.92 Å². The van der Waals surface area contributed by atoms with Gasteiger partial charge in [0.05, 0.1) is 25.7 Å². The first kappa shape index (κ1) is 22.3. The minimum absolute atomic E-state index is 0.144. The number of ether oxygens (including phenoxy) is 4. The summed E-state index contributed by atoms with van der Waals surface area (Å²) in [6.45, 7) is 2.81. The number of carbonyl (C=O) groups is 1. The fourth-order valence-electron chi connectivity index (χ4n) is 4.75. The molecule has 5 rings (SSSR count). The predicted octanol–water partition coefficient (Wildman–Crippen LogP) is 4.39. The highest BCUT2D eigenvalue weighted by molar-refractivity contribution is 6.28. The lowest BCUT2D eigenvalue weighted by Gasteiger charge is -2.29. The van der Waals surface area contributed by atoms with Crippen molar-refractivity contribution in [2.75, 3.05) is 32.0 Å². The van der Waals surface area contributed by atoms with Gasteiger partial charge in [-0.1, -0.05) is 18.2 Å². The molecule has 3 atom stereocenters. The molecular formula is C25H24ClN3O5. The molecule has 9 heteroatoms. The topological polar surface area (TPSA) is 83.0 Å². The molecule has 0 N–H and O–H groups in total. The molecule has 1 aromatic heterocycles. The first-order valence-electron chi connectivity index (χ1n) is 11.0. The summed E-state index contributed by atoms with van der Waals surface area (Å²) in [7, 11) is 1.62. The lowest BCUT2D eigenvalue weighted by atomic mass is 9.82. The maximum absolute atomic E-state index is 13.4. The third-order valence-electron chi connectivity index (χ3n) is 6.25. The molecule has 3 unspecified atom stereocenters. The van der Waals surface area contributed by atoms with E-state index >= 15 is 0 Å². The van der Waals surface area contributed by atoms with Crippen LogP contribution in [0.4, 0.5) is 5.82 Å². The molecule has 8 nitrogen and oxygen atoms in total. The summed E-state index contributed by atoms with van der Waals surface area (Å²) in [6, 6.07) is 15.0. The summed E-state index contributed by atoms with van der Waals surface area (Å²) in [5, 5.41) is 0.144. The van der Waals surface area contributed by atoms with Crippen LogP contribution >= 0.6 is 11.6 Å². The highest BCUT2D eigenvalue weighted by Crippen LogP contribution is 2.49. The summed E-state index contributed by atoms with van der Waals surface area (Å²) in [5.41, 5.74) is 1.90. The number of hydrogen-bond donors (Lipinski definition) is 0. The third-order valence-corrected chi connectivity index (χ3v) is 6.43. The van der Waals surface area contributed by atoms with Crippen molar-refractivity contribution in [1.82, 2.24) is 9.97 Å². The van der Waals surface area contributed by atoms with Gasteiger partial charge in [0.1, 0.15) is 11.6 Å². The van der Waals surface area contributed by atoms with E-state index in [2.05, 4.69) is 14.9 Å². The Labute approximate surface area is 202 Å². The number of hydrogen-bond acceptors (Lipinski definition) is 8. The third kappa shape index (κ3) is 4.09. The minimum atomic E-state index is -0.498. The van der Waals surface area contributed by atoms with Crippen molar-refractivity contribution < 1.29 is 23.7 Å². The molecule has 2 aliphatic heterocycles. The average Bonchev–Trinajstić information content (AvgIpc) is 3.49. The van der Waals surface area contributed by atoms with Crippen molar-refractivity contribution in [2.45, 2.75) is 18.9 Å². The molecule has 2 aliphatic rings. The number of esters is 1. The van der Waals surface area contributed by atoms with E-state index in [0.29, 0.717) is 23.9 Å². The summed E-state index contributed by atoms with van der Waals surface area (Å²) in [4.78, 5) is 24.0. The van der Waals surface area contributed by atoms with E-state index in [0.717, 1.165) is 16.9 Å². The zero-order chi connectivity index (χ0) is 23.7. The Balaban J connectivity index is 1.63. The minimum Gasteiger partial charge on any atom is -0.497 e. The number of rotatable bonds is 6. The first-order chi connectivity index (χ1) is 16.6. The van der Waals surface area contributed by atoms with Gasteiger partial charge in [-0.2, -0.15) is 0 Å². The van der Waals surface area contributed by atoms with E-state index < -0.39 is 5.92 Å². The Morgan fingerprint density at radius 3 is 2.62 bits per heavy atom. The van der Waals surface area contributed by atoms with Crippen LogP contribution in [0.1, 0.15) is 30.0 Å². The molecule has 1 saturated heterocycles. The predicted molar refractivity (Wildman–Crippen MR) is 126 cm³/mol. The van der Waals surface area contributed by atoms with Gasteiger partial charge in [-0.25, -0.2) is 9.97 Å². The van der Waals surface area contributed by atoms with Gasteiger partial charge in [-0.3, -0.25) is 4.79 Å². The van der Waals surface area contributed by atoms with E-state index in [1.807, 2.05) is 49.4 Å². The van der Waals surface area contributed by atoms with Gasteiger partial charge >= 0.3 is 5.97 Å². The van der Waals surface area contributed by atoms with Crippen LogP contribution in [0.25, 0.3) is 0 Å². The Morgan fingerprint density at radius 1 is 1.12 bits per heavy atom. The van der Waals surface area contributed by atoms with Crippen molar-refractivity contribution in [3.8, 4) is 17.2 Å². The zero-order valence-electron chi connectivity index (χ0n) is 18.8. The van der Waals surface area contributed by atoms with Gasteiger partial charge in [0.2, 0.25) is 12.1 Å². The standard InChI is InChI=1S/C25H24ClN3O5/c1-3-32-24(30)22-18(16-6-9-19-20(12-16)34-14-33-19)13-29(21-10-11-27-25(26)28-21)23(22)15-4-7-17(31-2)8-5-15/h4-12,18,22-23H,3,13-14H2,1-2H3. The quantitative estimate of drug-likeness (QED) is 0.378. The summed E-state index contributed by atoms with van der Waals surface area (Å²) in [5.74, 6) is 1.78. The molecule has 2 aromatic carbocycles. The van der Waals surface area contributed by atoms with Crippen LogP contribution < -0.4 is 19.1 Å². The Morgan fingerprint density at radius 2 is 1.88 bits per heavy atom. The summed E-state index contributed by atoms with van der Waals surface area (Å²) < 4.78 is 22.0. The van der Waals surface area contributed by atoms with Crippen LogP contribution in [-0.2, 0) is 9.53 Å². The normalized spacial score (nSPS) is 20.9. The van der Waals surface area contributed by atoms with Gasteiger partial charge < -0.3 is 23.8 Å². The monoisotopic (exact) mass is 481 g/mol. The van der Waals surface area contributed by atoms with Crippen LogP contribution in [0.5, 0.6) is 17.2 Å². The lowest BCUT2D eigenvalue weighted by Crippen LogP contribution is -2.30. The molecule has 34 heavy (non-hydrogen) atoms. The number of methoxy groups -OCH3 is 1. The molecule has 3 heterocycles. The van der Waals surface area contributed by atoms with Crippen molar-refractivity contribution in [1.29, 1.82) is 0 Å². The van der Waals surface area contributed by atoms with Gasteiger partial charge in [-0.05, 0) is 60.0 Å². The molecular weight excluding hydrogens is 458 g/mol. The number of halogens is 1. The Kier molecular flexibility index (Phi) is 6.15. The maximum atomic E-state index is 13.4.